The summed E-state index contributed by atoms with van der Waals surface area (Å²) in [5.41, 5.74) is 3.73. The number of hydrogen-bond donors (Lipinski definition) is 0. The van der Waals surface area contributed by atoms with Gasteiger partial charge in [0.25, 0.3) is 0 Å². The van der Waals surface area contributed by atoms with Crippen LogP contribution in [0, 0.1) is 0 Å². The van der Waals surface area contributed by atoms with Gasteiger partial charge in [0, 0.05) is 21.2 Å². The summed E-state index contributed by atoms with van der Waals surface area (Å²) in [7, 11) is 1.64. The molecule has 0 amide bonds. The number of benzene rings is 3. The third-order valence-corrected chi connectivity index (χ3v) is 4.13. The molecule has 0 fully saturated rings. The van der Waals surface area contributed by atoms with Crippen LogP contribution in [-0.2, 0) is 0 Å². The van der Waals surface area contributed by atoms with Crippen LogP contribution in [0.4, 0.5) is 0 Å². The lowest BCUT2D eigenvalue weighted by Gasteiger charge is -2.06. The van der Waals surface area contributed by atoms with Gasteiger partial charge in [-0.05, 0) is 18.2 Å². The topological polar surface area (TPSA) is 34.0 Å². The van der Waals surface area contributed by atoms with E-state index in [9.17, 15) is 0 Å². The molecule has 3 aromatic rings. The first-order valence-corrected chi connectivity index (χ1v) is 8.62. The third kappa shape index (κ3) is 4.43. The first-order valence-electron chi connectivity index (χ1n) is 7.83. The number of nitrogens with zero attached hydrogens (tertiary/aromatic N) is 2. The molecule has 0 spiro atoms. The number of hydrogen-bond acceptors (Lipinski definition) is 3. The average molecular weight is 393 g/mol. The van der Waals surface area contributed by atoms with Crippen molar-refractivity contribution >= 4 is 27.9 Å². The van der Waals surface area contributed by atoms with E-state index in [2.05, 4.69) is 26.1 Å². The van der Waals surface area contributed by atoms with Gasteiger partial charge in [-0.1, -0.05) is 76.6 Å². The van der Waals surface area contributed by atoms with E-state index in [0.29, 0.717) is 0 Å². The molecule has 0 heterocycles. The molecule has 4 heteroatoms. The fourth-order valence-electron chi connectivity index (χ4n) is 2.43. The molecule has 3 aromatic carbocycles. The quantitative estimate of drug-likeness (QED) is 0.426. The van der Waals surface area contributed by atoms with Gasteiger partial charge in [0.1, 0.15) is 11.5 Å². The highest BCUT2D eigenvalue weighted by Gasteiger charge is 2.06. The van der Waals surface area contributed by atoms with E-state index in [1.54, 1.807) is 13.3 Å². The molecule has 0 aliphatic rings. The summed E-state index contributed by atoms with van der Waals surface area (Å²) in [6, 6.07) is 25.8. The van der Waals surface area contributed by atoms with Crippen LogP contribution in [0.3, 0.4) is 0 Å². The number of rotatable bonds is 5. The second-order valence-electron chi connectivity index (χ2n) is 5.31. The Morgan fingerprint density at radius 1 is 0.880 bits per heavy atom. The highest BCUT2D eigenvalue weighted by atomic mass is 79.9. The molecule has 3 rings (SSSR count). The molecular weight excluding hydrogens is 376 g/mol. The molecule has 124 valence electrons. The molecule has 0 bridgehead atoms. The summed E-state index contributed by atoms with van der Waals surface area (Å²) >= 11 is 3.47. The van der Waals surface area contributed by atoms with Gasteiger partial charge in [0.05, 0.1) is 13.3 Å². The predicted octanol–water partition coefficient (Wildman–Crippen LogP) is 5.33. The van der Waals surface area contributed by atoms with Gasteiger partial charge < -0.3 is 4.74 Å². The van der Waals surface area contributed by atoms with E-state index < -0.39 is 0 Å². The van der Waals surface area contributed by atoms with Gasteiger partial charge in [-0.3, -0.25) is 0 Å². The minimum atomic E-state index is 0.753. The lowest BCUT2D eigenvalue weighted by atomic mass is 10.0. The van der Waals surface area contributed by atoms with Crippen molar-refractivity contribution in [3.63, 3.8) is 0 Å². The van der Waals surface area contributed by atoms with Crippen molar-refractivity contribution in [1.82, 2.24) is 0 Å². The summed E-state index contributed by atoms with van der Waals surface area (Å²) in [6.07, 6.45) is 1.70. The van der Waals surface area contributed by atoms with Crippen molar-refractivity contribution in [3.05, 3.63) is 100 Å². The van der Waals surface area contributed by atoms with Gasteiger partial charge >= 0.3 is 0 Å². The van der Waals surface area contributed by atoms with Crippen molar-refractivity contribution < 1.29 is 4.74 Å². The van der Waals surface area contributed by atoms with Gasteiger partial charge in [0.2, 0.25) is 0 Å². The molecule has 0 radical (unpaired) electrons. The van der Waals surface area contributed by atoms with Crippen molar-refractivity contribution in [2.75, 3.05) is 7.11 Å². The summed E-state index contributed by atoms with van der Waals surface area (Å²) in [6.45, 7) is 0. The molecule has 0 N–H and O–H groups in total. The molecule has 0 aliphatic heterocycles. The summed E-state index contributed by atoms with van der Waals surface area (Å²) < 4.78 is 6.33. The molecule has 0 saturated heterocycles. The highest BCUT2D eigenvalue weighted by Crippen LogP contribution is 2.21. The molecule has 0 aromatic heterocycles. The van der Waals surface area contributed by atoms with Crippen LogP contribution in [0.1, 0.15) is 16.7 Å². The Morgan fingerprint density at radius 2 is 1.48 bits per heavy atom. The standard InChI is InChI=1S/C21H17BrN2O/c1-25-20-13-12-19(22)14-18(20)15-23-24-21(16-8-4-2-5-9-16)17-10-6-3-7-11-17/h2-15H,1H3/b23-15-. The minimum absolute atomic E-state index is 0.753. The van der Waals surface area contributed by atoms with Crippen LogP contribution in [0.2, 0.25) is 0 Å². The maximum atomic E-state index is 5.37. The summed E-state index contributed by atoms with van der Waals surface area (Å²) in [5, 5.41) is 8.79. The van der Waals surface area contributed by atoms with Crippen LogP contribution < -0.4 is 4.74 Å². The summed E-state index contributed by atoms with van der Waals surface area (Å²) in [4.78, 5) is 0. The minimum Gasteiger partial charge on any atom is -0.496 e. The zero-order valence-electron chi connectivity index (χ0n) is 13.8. The Bertz CT molecular complexity index is 849. The molecule has 25 heavy (non-hydrogen) atoms. The lowest BCUT2D eigenvalue weighted by molar-refractivity contribution is 0.414. The van der Waals surface area contributed by atoms with E-state index in [4.69, 9.17) is 4.74 Å². The Balaban J connectivity index is 1.99. The maximum absolute atomic E-state index is 5.37. The molecule has 3 nitrogen and oxygen atoms in total. The maximum Gasteiger partial charge on any atom is 0.127 e. The molecular formula is C21H17BrN2O. The van der Waals surface area contributed by atoms with Crippen molar-refractivity contribution in [2.24, 2.45) is 10.2 Å². The highest BCUT2D eigenvalue weighted by molar-refractivity contribution is 9.10. The lowest BCUT2D eigenvalue weighted by Crippen LogP contribution is -2.02. The Morgan fingerprint density at radius 3 is 2.04 bits per heavy atom. The smallest absolute Gasteiger partial charge is 0.127 e. The van der Waals surface area contributed by atoms with Gasteiger partial charge in [-0.2, -0.15) is 5.10 Å². The monoisotopic (exact) mass is 392 g/mol. The first-order chi connectivity index (χ1) is 12.3. The van der Waals surface area contributed by atoms with E-state index in [-0.39, 0.29) is 0 Å². The largest absolute Gasteiger partial charge is 0.496 e. The van der Waals surface area contributed by atoms with Crippen LogP contribution in [0.25, 0.3) is 0 Å². The number of ether oxygens (including phenoxy) is 1. The molecule has 0 aliphatic carbocycles. The van der Waals surface area contributed by atoms with Crippen LogP contribution >= 0.6 is 15.9 Å². The van der Waals surface area contributed by atoms with Gasteiger partial charge in [0.15, 0.2) is 0 Å². The third-order valence-electron chi connectivity index (χ3n) is 3.64. The Kier molecular flexibility index (Phi) is 5.75. The fraction of sp³-hybridized carbons (Fsp3) is 0.0476. The second-order valence-corrected chi connectivity index (χ2v) is 6.23. The van der Waals surface area contributed by atoms with Gasteiger partial charge in [-0.15, -0.1) is 5.10 Å². The zero-order chi connectivity index (χ0) is 17.5. The van der Waals surface area contributed by atoms with Crippen LogP contribution in [0.5, 0.6) is 5.75 Å². The van der Waals surface area contributed by atoms with Crippen LogP contribution in [-0.4, -0.2) is 19.0 Å². The summed E-state index contributed by atoms with van der Waals surface area (Å²) in [5.74, 6) is 0.753. The fourth-order valence-corrected chi connectivity index (χ4v) is 2.81. The molecule has 0 unspecified atom stereocenters. The SMILES string of the molecule is COc1ccc(Br)cc1/C=N\N=C(c1ccccc1)c1ccccc1. The Labute approximate surface area is 155 Å². The Hall–Kier alpha value is -2.72. The molecule has 0 atom stereocenters. The number of methoxy groups -OCH3 is 1. The van der Waals surface area contributed by atoms with Crippen molar-refractivity contribution in [3.8, 4) is 5.75 Å². The molecule has 0 saturated carbocycles. The average Bonchev–Trinajstić information content (AvgIpc) is 2.67. The van der Waals surface area contributed by atoms with Crippen molar-refractivity contribution in [1.29, 1.82) is 0 Å². The van der Waals surface area contributed by atoms with E-state index in [0.717, 1.165) is 32.6 Å². The van der Waals surface area contributed by atoms with Crippen LogP contribution in [0.15, 0.2) is 93.5 Å². The number of halogens is 1. The van der Waals surface area contributed by atoms with Gasteiger partial charge in [-0.25, -0.2) is 0 Å². The van der Waals surface area contributed by atoms with E-state index >= 15 is 0 Å². The van der Waals surface area contributed by atoms with Crippen molar-refractivity contribution in [2.45, 2.75) is 0 Å². The predicted molar refractivity (Wildman–Crippen MR) is 107 cm³/mol. The zero-order valence-corrected chi connectivity index (χ0v) is 15.3. The van der Waals surface area contributed by atoms with E-state index in [1.807, 2.05) is 78.9 Å². The second kappa shape index (κ2) is 8.40. The normalized spacial score (nSPS) is 10.6. The van der Waals surface area contributed by atoms with E-state index in [1.165, 1.54) is 0 Å². The first kappa shape index (κ1) is 17.1.